The van der Waals surface area contributed by atoms with Crippen molar-refractivity contribution >= 4 is 5.69 Å². The molecular weight excluding hydrogens is 349 g/mol. The molecule has 2 N–H and O–H groups in total. The van der Waals surface area contributed by atoms with E-state index in [1.807, 2.05) is 23.3 Å². The summed E-state index contributed by atoms with van der Waals surface area (Å²) < 4.78 is 45.8. The number of nitrogens with zero attached hydrogens (tertiary/aromatic N) is 2. The van der Waals surface area contributed by atoms with Gasteiger partial charge in [-0.15, -0.1) is 0 Å². The number of halogens is 3. The lowest BCUT2D eigenvalue weighted by Gasteiger charge is -2.21. The van der Waals surface area contributed by atoms with Crippen LogP contribution in [0.3, 0.4) is 0 Å². The molecule has 0 radical (unpaired) electrons. The van der Waals surface area contributed by atoms with Crippen molar-refractivity contribution in [1.29, 1.82) is 0 Å². The molecule has 0 saturated carbocycles. The molecule has 2 aliphatic heterocycles. The summed E-state index contributed by atoms with van der Waals surface area (Å²) in [5.41, 5.74) is -0.852. The highest BCUT2D eigenvalue weighted by molar-refractivity contribution is 5.56. The van der Waals surface area contributed by atoms with E-state index in [2.05, 4.69) is 10.4 Å². The van der Waals surface area contributed by atoms with Crippen molar-refractivity contribution in [3.63, 3.8) is 0 Å². The predicted octanol–water partition coefficient (Wildman–Crippen LogP) is 2.05. The number of rotatable bonds is 3. The van der Waals surface area contributed by atoms with Gasteiger partial charge >= 0.3 is 6.18 Å². The molecule has 0 aliphatic carbocycles. The van der Waals surface area contributed by atoms with Crippen LogP contribution in [-0.4, -0.2) is 29.4 Å². The topological polar surface area (TPSA) is 70.2 Å². The fourth-order valence-electron chi connectivity index (χ4n) is 3.44. The zero-order chi connectivity index (χ0) is 18.3. The van der Waals surface area contributed by atoms with E-state index in [9.17, 15) is 18.0 Å². The fourth-order valence-corrected chi connectivity index (χ4v) is 3.44. The SMILES string of the molecule is O=c1[nH]ncc(N2Cc3ccc(OC4CCNC4)cc3C2)c1C(F)(F)F. The first-order valence-corrected chi connectivity index (χ1v) is 8.31. The largest absolute Gasteiger partial charge is 0.489 e. The number of ether oxygens (including phenoxy) is 1. The van der Waals surface area contributed by atoms with Gasteiger partial charge in [-0.3, -0.25) is 4.79 Å². The molecule has 1 saturated heterocycles. The number of fused-ring (bicyclic) bond motifs is 1. The highest BCUT2D eigenvalue weighted by Crippen LogP contribution is 2.37. The molecule has 1 fully saturated rings. The number of hydrogen-bond acceptors (Lipinski definition) is 5. The summed E-state index contributed by atoms with van der Waals surface area (Å²) >= 11 is 0. The standard InChI is InChI=1S/C17H17F3N4O2/c18-17(19,20)15-14(7-22-23-16(15)25)24-8-10-1-2-12(5-11(10)9-24)26-13-3-4-21-6-13/h1-2,5,7,13,21H,3-4,6,8-9H2,(H,23,25). The maximum atomic E-state index is 13.3. The Morgan fingerprint density at radius 3 is 2.77 bits per heavy atom. The number of hydrogen-bond donors (Lipinski definition) is 2. The molecule has 1 unspecified atom stereocenters. The van der Waals surface area contributed by atoms with Crippen molar-refractivity contribution in [3.05, 3.63) is 51.4 Å². The fraction of sp³-hybridized carbons (Fsp3) is 0.412. The Morgan fingerprint density at radius 2 is 2.04 bits per heavy atom. The first-order chi connectivity index (χ1) is 12.4. The Balaban J connectivity index is 1.59. The van der Waals surface area contributed by atoms with E-state index in [1.54, 1.807) is 0 Å². The number of nitrogens with one attached hydrogen (secondary N) is 2. The second kappa shape index (κ2) is 6.31. The smallest absolute Gasteiger partial charge is 0.423 e. The van der Waals surface area contributed by atoms with Gasteiger partial charge in [0.1, 0.15) is 17.4 Å². The first kappa shape index (κ1) is 16.9. The summed E-state index contributed by atoms with van der Waals surface area (Å²) in [6.45, 7) is 2.26. The third-order valence-corrected chi connectivity index (χ3v) is 4.68. The van der Waals surface area contributed by atoms with Crippen LogP contribution in [0, 0.1) is 0 Å². The molecule has 2 aliphatic rings. The summed E-state index contributed by atoms with van der Waals surface area (Å²) in [5.74, 6) is 0.708. The van der Waals surface area contributed by atoms with E-state index in [0.717, 1.165) is 36.8 Å². The average molecular weight is 366 g/mol. The normalized spacial score (nSPS) is 19.7. The molecule has 3 heterocycles. The van der Waals surface area contributed by atoms with Crippen molar-refractivity contribution in [3.8, 4) is 5.75 Å². The molecule has 0 amide bonds. The van der Waals surface area contributed by atoms with Crippen molar-refractivity contribution in [2.45, 2.75) is 31.8 Å². The Labute approximate surface area is 147 Å². The lowest BCUT2D eigenvalue weighted by molar-refractivity contribution is -0.138. The van der Waals surface area contributed by atoms with Crippen LogP contribution in [0.4, 0.5) is 18.9 Å². The number of aromatic nitrogens is 2. The van der Waals surface area contributed by atoms with E-state index in [4.69, 9.17) is 4.74 Å². The van der Waals surface area contributed by atoms with Crippen LogP contribution >= 0.6 is 0 Å². The van der Waals surface area contributed by atoms with Crippen LogP contribution in [0.2, 0.25) is 0 Å². The van der Waals surface area contributed by atoms with Gasteiger partial charge in [-0.25, -0.2) is 5.10 Å². The van der Waals surface area contributed by atoms with Gasteiger partial charge in [0.05, 0.1) is 11.9 Å². The zero-order valence-corrected chi connectivity index (χ0v) is 13.8. The van der Waals surface area contributed by atoms with Crippen LogP contribution in [0.5, 0.6) is 5.75 Å². The van der Waals surface area contributed by atoms with Gasteiger partial charge in [-0.1, -0.05) is 6.07 Å². The molecule has 2 aromatic rings. The summed E-state index contributed by atoms with van der Waals surface area (Å²) in [4.78, 5) is 13.2. The van der Waals surface area contributed by atoms with Crippen molar-refractivity contribution in [2.75, 3.05) is 18.0 Å². The molecule has 6 nitrogen and oxygen atoms in total. The molecule has 138 valence electrons. The minimum atomic E-state index is -4.75. The van der Waals surface area contributed by atoms with Crippen molar-refractivity contribution in [1.82, 2.24) is 15.5 Å². The zero-order valence-electron chi connectivity index (χ0n) is 13.8. The van der Waals surface area contributed by atoms with E-state index < -0.39 is 17.3 Å². The molecule has 1 aromatic carbocycles. The molecule has 1 atom stereocenters. The van der Waals surface area contributed by atoms with Gasteiger partial charge in [-0.05, 0) is 36.2 Å². The van der Waals surface area contributed by atoms with E-state index in [0.29, 0.717) is 5.75 Å². The van der Waals surface area contributed by atoms with Gasteiger partial charge in [0.25, 0.3) is 5.56 Å². The number of anilines is 1. The maximum absolute atomic E-state index is 13.3. The number of alkyl halides is 3. The Kier molecular flexibility index (Phi) is 4.10. The predicted molar refractivity (Wildman–Crippen MR) is 88.1 cm³/mol. The molecule has 1 aromatic heterocycles. The quantitative estimate of drug-likeness (QED) is 0.870. The summed E-state index contributed by atoms with van der Waals surface area (Å²) in [7, 11) is 0. The van der Waals surface area contributed by atoms with Crippen LogP contribution in [-0.2, 0) is 19.3 Å². The highest BCUT2D eigenvalue weighted by Gasteiger charge is 2.39. The van der Waals surface area contributed by atoms with E-state index in [1.165, 1.54) is 4.90 Å². The Hall–Kier alpha value is -2.55. The van der Waals surface area contributed by atoms with Crippen LogP contribution < -0.4 is 20.5 Å². The van der Waals surface area contributed by atoms with Crippen molar-refractivity contribution in [2.24, 2.45) is 0 Å². The van der Waals surface area contributed by atoms with Gasteiger partial charge in [0.2, 0.25) is 0 Å². The molecule has 0 bridgehead atoms. The van der Waals surface area contributed by atoms with E-state index >= 15 is 0 Å². The van der Waals surface area contributed by atoms with Crippen molar-refractivity contribution < 1.29 is 17.9 Å². The Morgan fingerprint density at radius 1 is 1.23 bits per heavy atom. The average Bonchev–Trinajstić information content (AvgIpc) is 3.22. The summed E-state index contributed by atoms with van der Waals surface area (Å²) in [6, 6.07) is 5.56. The third kappa shape index (κ3) is 3.14. The van der Waals surface area contributed by atoms with E-state index in [-0.39, 0.29) is 24.9 Å². The summed E-state index contributed by atoms with van der Waals surface area (Å²) in [6.07, 6.45) is -2.65. The Bertz CT molecular complexity index is 875. The maximum Gasteiger partial charge on any atom is 0.423 e. The minimum Gasteiger partial charge on any atom is -0.489 e. The number of benzene rings is 1. The first-order valence-electron chi connectivity index (χ1n) is 8.31. The monoisotopic (exact) mass is 366 g/mol. The molecular formula is C17H17F3N4O2. The van der Waals surface area contributed by atoms with Crippen LogP contribution in [0.1, 0.15) is 23.1 Å². The second-order valence-corrected chi connectivity index (χ2v) is 6.48. The highest BCUT2D eigenvalue weighted by atomic mass is 19.4. The van der Waals surface area contributed by atoms with Gasteiger partial charge in [0.15, 0.2) is 0 Å². The lowest BCUT2D eigenvalue weighted by atomic mass is 10.1. The molecule has 26 heavy (non-hydrogen) atoms. The lowest BCUT2D eigenvalue weighted by Crippen LogP contribution is -2.28. The van der Waals surface area contributed by atoms with Gasteiger partial charge in [0, 0.05) is 19.6 Å². The van der Waals surface area contributed by atoms with Gasteiger partial charge in [-0.2, -0.15) is 18.3 Å². The van der Waals surface area contributed by atoms with Crippen LogP contribution in [0.15, 0.2) is 29.2 Å². The molecule has 9 heteroatoms. The second-order valence-electron chi connectivity index (χ2n) is 6.48. The number of aromatic amines is 1. The third-order valence-electron chi connectivity index (χ3n) is 4.68. The van der Waals surface area contributed by atoms with Gasteiger partial charge < -0.3 is 15.0 Å². The molecule has 0 spiro atoms. The minimum absolute atomic E-state index is 0.110. The summed E-state index contributed by atoms with van der Waals surface area (Å²) in [5, 5.41) is 8.62. The number of H-pyrrole nitrogens is 1. The van der Waals surface area contributed by atoms with Crippen LogP contribution in [0.25, 0.3) is 0 Å². The molecule has 4 rings (SSSR count).